The first kappa shape index (κ1) is 8.10. The smallest absolute Gasteiger partial charge is 0.0318 e. The SMILES string of the molecule is CC1[CH][CH]C(C)C(C)C1C. The molecule has 0 spiro atoms. The maximum Gasteiger partial charge on any atom is -0.0318 e. The quantitative estimate of drug-likeness (QED) is 0.483. The van der Waals surface area contributed by atoms with Gasteiger partial charge in [-0.1, -0.05) is 27.7 Å². The van der Waals surface area contributed by atoms with Crippen molar-refractivity contribution in [2.75, 3.05) is 0 Å². The highest BCUT2D eigenvalue weighted by atomic mass is 14.3. The van der Waals surface area contributed by atoms with Crippen LogP contribution in [0.5, 0.6) is 0 Å². The van der Waals surface area contributed by atoms with Crippen LogP contribution in [0.1, 0.15) is 27.7 Å². The van der Waals surface area contributed by atoms with Gasteiger partial charge in [-0.15, -0.1) is 0 Å². The summed E-state index contributed by atoms with van der Waals surface area (Å²) in [5, 5.41) is 0. The number of rotatable bonds is 0. The Morgan fingerprint density at radius 3 is 1.30 bits per heavy atom. The van der Waals surface area contributed by atoms with Crippen molar-refractivity contribution in [3.05, 3.63) is 12.8 Å². The monoisotopic (exact) mass is 138 g/mol. The van der Waals surface area contributed by atoms with E-state index in [1.165, 1.54) is 0 Å². The molecule has 4 atom stereocenters. The van der Waals surface area contributed by atoms with Crippen LogP contribution in [0.3, 0.4) is 0 Å². The molecule has 0 aromatic carbocycles. The lowest BCUT2D eigenvalue weighted by atomic mass is 9.69. The zero-order chi connectivity index (χ0) is 7.72. The molecule has 0 amide bonds. The van der Waals surface area contributed by atoms with Crippen molar-refractivity contribution in [1.29, 1.82) is 0 Å². The van der Waals surface area contributed by atoms with Crippen molar-refractivity contribution in [3.8, 4) is 0 Å². The lowest BCUT2D eigenvalue weighted by Crippen LogP contribution is -2.28. The van der Waals surface area contributed by atoms with Crippen LogP contribution < -0.4 is 0 Å². The Morgan fingerprint density at radius 2 is 1.00 bits per heavy atom. The van der Waals surface area contributed by atoms with Crippen LogP contribution in [0.25, 0.3) is 0 Å². The van der Waals surface area contributed by atoms with Crippen molar-refractivity contribution in [2.24, 2.45) is 23.7 Å². The molecule has 0 aromatic heterocycles. The van der Waals surface area contributed by atoms with Crippen LogP contribution in [0.15, 0.2) is 0 Å². The number of hydrogen-bond acceptors (Lipinski definition) is 0. The molecule has 0 bridgehead atoms. The molecule has 0 nitrogen and oxygen atoms in total. The van der Waals surface area contributed by atoms with E-state index in [1.54, 1.807) is 0 Å². The third-order valence-corrected chi connectivity index (χ3v) is 3.21. The second-order valence-electron chi connectivity index (χ2n) is 3.82. The highest BCUT2D eigenvalue weighted by Gasteiger charge is 2.28. The predicted molar refractivity (Wildman–Crippen MR) is 45.3 cm³/mol. The second-order valence-corrected chi connectivity index (χ2v) is 3.82. The van der Waals surface area contributed by atoms with E-state index < -0.39 is 0 Å². The molecule has 0 N–H and O–H groups in total. The van der Waals surface area contributed by atoms with Crippen molar-refractivity contribution in [3.63, 3.8) is 0 Å². The summed E-state index contributed by atoms with van der Waals surface area (Å²) in [4.78, 5) is 0. The molecule has 1 saturated carbocycles. The zero-order valence-corrected chi connectivity index (χ0v) is 7.46. The molecule has 0 heterocycles. The van der Waals surface area contributed by atoms with Gasteiger partial charge in [0.25, 0.3) is 0 Å². The largest absolute Gasteiger partial charge is 0.0620 e. The highest BCUT2D eigenvalue weighted by Crippen LogP contribution is 2.36. The van der Waals surface area contributed by atoms with Crippen LogP contribution in [0, 0.1) is 36.5 Å². The van der Waals surface area contributed by atoms with Gasteiger partial charge in [-0.05, 0) is 36.5 Å². The molecule has 1 aliphatic carbocycles. The van der Waals surface area contributed by atoms with E-state index in [9.17, 15) is 0 Å². The first-order chi connectivity index (χ1) is 4.63. The third kappa shape index (κ3) is 1.36. The topological polar surface area (TPSA) is 0 Å². The first-order valence-electron chi connectivity index (χ1n) is 4.31. The van der Waals surface area contributed by atoms with E-state index >= 15 is 0 Å². The number of hydrogen-bond donors (Lipinski definition) is 0. The van der Waals surface area contributed by atoms with E-state index in [4.69, 9.17) is 0 Å². The van der Waals surface area contributed by atoms with E-state index in [1.807, 2.05) is 0 Å². The van der Waals surface area contributed by atoms with E-state index in [-0.39, 0.29) is 0 Å². The molecule has 58 valence electrons. The van der Waals surface area contributed by atoms with Crippen LogP contribution in [0.4, 0.5) is 0 Å². The van der Waals surface area contributed by atoms with Gasteiger partial charge in [-0.3, -0.25) is 0 Å². The van der Waals surface area contributed by atoms with Gasteiger partial charge in [0.2, 0.25) is 0 Å². The fourth-order valence-corrected chi connectivity index (χ4v) is 1.66. The van der Waals surface area contributed by atoms with E-state index in [0.29, 0.717) is 0 Å². The van der Waals surface area contributed by atoms with Crippen LogP contribution in [0.2, 0.25) is 0 Å². The Bertz CT molecular complexity index is 92.6. The van der Waals surface area contributed by atoms with Gasteiger partial charge in [0.1, 0.15) is 0 Å². The Morgan fingerprint density at radius 1 is 0.700 bits per heavy atom. The maximum atomic E-state index is 2.36. The molecule has 10 heavy (non-hydrogen) atoms. The Labute approximate surface area is 65.0 Å². The molecule has 0 heteroatoms. The first-order valence-corrected chi connectivity index (χ1v) is 4.31. The third-order valence-electron chi connectivity index (χ3n) is 3.21. The summed E-state index contributed by atoms with van der Waals surface area (Å²) in [6.45, 7) is 9.33. The molecule has 0 saturated heterocycles. The van der Waals surface area contributed by atoms with Gasteiger partial charge in [-0.25, -0.2) is 0 Å². The summed E-state index contributed by atoms with van der Waals surface area (Å²) in [6.07, 6.45) is 4.71. The maximum absolute atomic E-state index is 2.36. The lowest BCUT2D eigenvalue weighted by molar-refractivity contribution is 0.218. The Kier molecular flexibility index (Phi) is 2.38. The van der Waals surface area contributed by atoms with E-state index in [2.05, 4.69) is 40.5 Å². The van der Waals surface area contributed by atoms with Crippen LogP contribution in [-0.4, -0.2) is 0 Å². The molecule has 4 unspecified atom stereocenters. The van der Waals surface area contributed by atoms with Gasteiger partial charge in [-0.2, -0.15) is 0 Å². The average molecular weight is 138 g/mol. The zero-order valence-electron chi connectivity index (χ0n) is 7.46. The summed E-state index contributed by atoms with van der Waals surface area (Å²) in [5.74, 6) is 3.29. The van der Waals surface area contributed by atoms with Crippen molar-refractivity contribution in [2.45, 2.75) is 27.7 Å². The highest BCUT2D eigenvalue weighted by molar-refractivity contribution is 5.01. The Hall–Kier alpha value is 0. The minimum Gasteiger partial charge on any atom is -0.0620 e. The molecule has 1 fully saturated rings. The Balaban J connectivity index is 2.52. The minimum atomic E-state index is 0.784. The standard InChI is InChI=1S/C10H18/c1-7-5-6-8(2)10(4)9(7)3/h5-10H,1-4H3. The summed E-state index contributed by atoms with van der Waals surface area (Å²) in [6, 6.07) is 0. The molecule has 1 rings (SSSR count). The lowest BCUT2D eigenvalue weighted by Gasteiger charge is -2.36. The molecule has 0 aliphatic heterocycles. The van der Waals surface area contributed by atoms with Gasteiger partial charge < -0.3 is 0 Å². The molecular weight excluding hydrogens is 120 g/mol. The predicted octanol–water partition coefficient (Wildman–Crippen LogP) is 2.95. The molecule has 1 aliphatic rings. The fraction of sp³-hybridized carbons (Fsp3) is 0.800. The summed E-state index contributed by atoms with van der Waals surface area (Å²) in [7, 11) is 0. The molecular formula is C10H18. The van der Waals surface area contributed by atoms with Crippen LogP contribution >= 0.6 is 0 Å². The fourth-order valence-electron chi connectivity index (χ4n) is 1.66. The normalized spacial score (nSPS) is 49.2. The van der Waals surface area contributed by atoms with E-state index in [0.717, 1.165) is 23.7 Å². The van der Waals surface area contributed by atoms with Crippen molar-refractivity contribution in [1.82, 2.24) is 0 Å². The van der Waals surface area contributed by atoms with Crippen molar-refractivity contribution < 1.29 is 0 Å². The second kappa shape index (κ2) is 2.94. The van der Waals surface area contributed by atoms with Crippen molar-refractivity contribution >= 4 is 0 Å². The average Bonchev–Trinajstić information content (AvgIpc) is 1.93. The molecule has 2 radical (unpaired) electrons. The summed E-state index contributed by atoms with van der Waals surface area (Å²) in [5.41, 5.74) is 0. The molecule has 0 aromatic rings. The minimum absolute atomic E-state index is 0.784. The van der Waals surface area contributed by atoms with Crippen LogP contribution in [-0.2, 0) is 0 Å². The van der Waals surface area contributed by atoms with Gasteiger partial charge in [0, 0.05) is 0 Å². The summed E-state index contributed by atoms with van der Waals surface area (Å²) < 4.78 is 0. The summed E-state index contributed by atoms with van der Waals surface area (Å²) >= 11 is 0. The van der Waals surface area contributed by atoms with Gasteiger partial charge in [0.15, 0.2) is 0 Å². The van der Waals surface area contributed by atoms with Gasteiger partial charge in [0.05, 0.1) is 0 Å². The van der Waals surface area contributed by atoms with Gasteiger partial charge >= 0.3 is 0 Å².